The van der Waals surface area contributed by atoms with Gasteiger partial charge in [0.15, 0.2) is 0 Å². The summed E-state index contributed by atoms with van der Waals surface area (Å²) in [5.41, 5.74) is -1.84. The van der Waals surface area contributed by atoms with Gasteiger partial charge in [-0.05, 0) is 29.7 Å². The standard InChI is InChI=1S/C23H33FO4/c1-6-14-23(24,20(25)27-5)21(26)28-19-15-16(2)12-13-18(19)22(3,4)17-10-8-7-9-11-17/h7-11,16,18-19H,6,12-15H2,1-5H3/t16-,18-,19-,23+/m1/s1. The zero-order chi connectivity index (χ0) is 20.9. The highest BCUT2D eigenvalue weighted by atomic mass is 19.1. The molecule has 0 bridgehead atoms. The van der Waals surface area contributed by atoms with E-state index in [2.05, 4.69) is 37.6 Å². The molecule has 0 amide bonds. The SMILES string of the molecule is CCC[C@](F)(C(=O)OC)C(=O)O[C@@H]1C[C@H](C)CC[C@H]1C(C)(C)c1ccccc1. The van der Waals surface area contributed by atoms with E-state index in [0.717, 1.165) is 25.5 Å². The topological polar surface area (TPSA) is 52.6 Å². The normalized spacial score (nSPS) is 24.9. The number of esters is 2. The fourth-order valence-electron chi connectivity index (χ4n) is 4.39. The lowest BCUT2D eigenvalue weighted by molar-refractivity contribution is -0.182. The number of hydrogen-bond donors (Lipinski definition) is 0. The largest absolute Gasteiger partial charge is 0.466 e. The van der Waals surface area contributed by atoms with Crippen LogP contribution in [0.1, 0.15) is 65.4 Å². The Hall–Kier alpha value is -1.91. The van der Waals surface area contributed by atoms with Crippen LogP contribution >= 0.6 is 0 Å². The van der Waals surface area contributed by atoms with Gasteiger partial charge < -0.3 is 9.47 Å². The molecule has 1 aromatic carbocycles. The Morgan fingerprint density at radius 3 is 2.36 bits per heavy atom. The molecular weight excluding hydrogens is 359 g/mol. The van der Waals surface area contributed by atoms with Gasteiger partial charge in [-0.1, -0.05) is 70.9 Å². The number of halogens is 1. The van der Waals surface area contributed by atoms with Gasteiger partial charge in [-0.3, -0.25) is 0 Å². The highest BCUT2D eigenvalue weighted by Crippen LogP contribution is 2.44. The summed E-state index contributed by atoms with van der Waals surface area (Å²) < 4.78 is 25.5. The summed E-state index contributed by atoms with van der Waals surface area (Å²) in [4.78, 5) is 24.7. The quantitative estimate of drug-likeness (QED) is 0.484. The summed E-state index contributed by atoms with van der Waals surface area (Å²) in [6.45, 7) is 8.11. The number of hydrogen-bond acceptors (Lipinski definition) is 4. The highest BCUT2D eigenvalue weighted by Gasteiger charge is 2.51. The Kier molecular flexibility index (Phi) is 7.24. The van der Waals surface area contributed by atoms with E-state index in [4.69, 9.17) is 4.74 Å². The van der Waals surface area contributed by atoms with Crippen molar-refractivity contribution in [1.29, 1.82) is 0 Å². The maximum Gasteiger partial charge on any atom is 0.356 e. The molecule has 0 aliphatic heterocycles. The molecule has 0 spiro atoms. The van der Waals surface area contributed by atoms with Crippen molar-refractivity contribution in [2.75, 3.05) is 7.11 Å². The van der Waals surface area contributed by atoms with Crippen LogP contribution in [-0.4, -0.2) is 30.8 Å². The van der Waals surface area contributed by atoms with E-state index in [9.17, 15) is 9.59 Å². The van der Waals surface area contributed by atoms with Gasteiger partial charge in [-0.25, -0.2) is 14.0 Å². The average molecular weight is 393 g/mol. The van der Waals surface area contributed by atoms with Gasteiger partial charge >= 0.3 is 17.6 Å². The fourth-order valence-corrected chi connectivity index (χ4v) is 4.39. The van der Waals surface area contributed by atoms with Crippen LogP contribution in [0.25, 0.3) is 0 Å². The predicted octanol–water partition coefficient (Wildman–Crippen LogP) is 4.99. The summed E-state index contributed by atoms with van der Waals surface area (Å²) in [7, 11) is 1.09. The molecule has 0 unspecified atom stereocenters. The van der Waals surface area contributed by atoms with Gasteiger partial charge in [0.1, 0.15) is 6.10 Å². The van der Waals surface area contributed by atoms with Crippen LogP contribution in [0, 0.1) is 11.8 Å². The van der Waals surface area contributed by atoms with Crippen molar-refractivity contribution in [1.82, 2.24) is 0 Å². The Bertz CT molecular complexity index is 672. The third-order valence-corrected chi connectivity index (χ3v) is 6.18. The average Bonchev–Trinajstić information content (AvgIpc) is 2.67. The molecule has 0 heterocycles. The predicted molar refractivity (Wildman–Crippen MR) is 107 cm³/mol. The van der Waals surface area contributed by atoms with Gasteiger partial charge in [0.05, 0.1) is 7.11 Å². The van der Waals surface area contributed by atoms with Crippen LogP contribution in [0.5, 0.6) is 0 Å². The Morgan fingerprint density at radius 1 is 1.14 bits per heavy atom. The minimum Gasteiger partial charge on any atom is -0.466 e. The number of carbonyl (C=O) groups excluding carboxylic acids is 2. The zero-order valence-electron chi connectivity index (χ0n) is 17.7. The summed E-state index contributed by atoms with van der Waals surface area (Å²) in [6, 6.07) is 10.1. The third-order valence-electron chi connectivity index (χ3n) is 6.18. The lowest BCUT2D eigenvalue weighted by Crippen LogP contribution is -2.49. The molecule has 0 aromatic heterocycles. The molecule has 5 heteroatoms. The minimum absolute atomic E-state index is 0.0403. The first kappa shape index (κ1) is 22.4. The van der Waals surface area contributed by atoms with Crippen molar-refractivity contribution in [3.8, 4) is 0 Å². The van der Waals surface area contributed by atoms with Gasteiger partial charge in [0.2, 0.25) is 0 Å². The van der Waals surface area contributed by atoms with E-state index in [1.165, 1.54) is 0 Å². The number of methoxy groups -OCH3 is 1. The van der Waals surface area contributed by atoms with Gasteiger partial charge in [-0.2, -0.15) is 0 Å². The lowest BCUT2D eigenvalue weighted by atomic mass is 9.64. The molecule has 2 rings (SSSR count). The summed E-state index contributed by atoms with van der Waals surface area (Å²) in [6.07, 6.45) is 2.22. The van der Waals surface area contributed by atoms with Crippen LogP contribution in [0.15, 0.2) is 30.3 Å². The van der Waals surface area contributed by atoms with E-state index >= 15 is 4.39 Å². The molecule has 4 atom stereocenters. The molecule has 0 saturated heterocycles. The number of alkyl halides is 1. The molecule has 0 N–H and O–H groups in total. The van der Waals surface area contributed by atoms with Gasteiger partial charge in [0.25, 0.3) is 0 Å². The molecule has 1 saturated carbocycles. The first-order chi connectivity index (χ1) is 13.2. The van der Waals surface area contributed by atoms with Crippen LogP contribution in [-0.2, 0) is 24.5 Å². The summed E-state index contributed by atoms with van der Waals surface area (Å²) in [5, 5.41) is 0. The molecule has 4 nitrogen and oxygen atoms in total. The first-order valence-corrected chi connectivity index (χ1v) is 10.2. The van der Waals surface area contributed by atoms with Crippen molar-refractivity contribution >= 4 is 11.9 Å². The van der Waals surface area contributed by atoms with E-state index in [0.29, 0.717) is 18.8 Å². The number of ether oxygens (including phenoxy) is 2. The Balaban J connectivity index is 2.29. The van der Waals surface area contributed by atoms with Crippen molar-refractivity contribution in [3.05, 3.63) is 35.9 Å². The number of rotatable bonds is 7. The van der Waals surface area contributed by atoms with Crippen molar-refractivity contribution in [2.24, 2.45) is 11.8 Å². The molecule has 1 fully saturated rings. The highest BCUT2D eigenvalue weighted by molar-refractivity contribution is 6.03. The molecule has 28 heavy (non-hydrogen) atoms. The molecule has 156 valence electrons. The van der Waals surface area contributed by atoms with Gasteiger partial charge in [0, 0.05) is 12.3 Å². The number of carbonyl (C=O) groups is 2. The monoisotopic (exact) mass is 392 g/mol. The van der Waals surface area contributed by atoms with Gasteiger partial charge in [-0.15, -0.1) is 0 Å². The second-order valence-electron chi connectivity index (χ2n) is 8.60. The fraction of sp³-hybridized carbons (Fsp3) is 0.652. The third kappa shape index (κ3) is 4.56. The van der Waals surface area contributed by atoms with E-state index in [1.807, 2.05) is 18.2 Å². The summed E-state index contributed by atoms with van der Waals surface area (Å²) >= 11 is 0. The van der Waals surface area contributed by atoms with Crippen LogP contribution in [0.3, 0.4) is 0 Å². The lowest BCUT2D eigenvalue weighted by Gasteiger charge is -2.44. The Labute approximate surface area is 167 Å². The second-order valence-corrected chi connectivity index (χ2v) is 8.60. The first-order valence-electron chi connectivity index (χ1n) is 10.2. The van der Waals surface area contributed by atoms with Crippen LogP contribution < -0.4 is 0 Å². The molecule has 0 radical (unpaired) electrons. The Morgan fingerprint density at radius 2 is 1.79 bits per heavy atom. The van der Waals surface area contributed by atoms with E-state index in [1.54, 1.807) is 6.92 Å². The van der Waals surface area contributed by atoms with Crippen LogP contribution in [0.4, 0.5) is 4.39 Å². The van der Waals surface area contributed by atoms with Crippen molar-refractivity contribution in [3.63, 3.8) is 0 Å². The zero-order valence-corrected chi connectivity index (χ0v) is 17.7. The maximum absolute atomic E-state index is 15.2. The molecule has 1 aliphatic rings. The maximum atomic E-state index is 15.2. The number of benzene rings is 1. The second kappa shape index (κ2) is 9.06. The van der Waals surface area contributed by atoms with Crippen LogP contribution in [0.2, 0.25) is 0 Å². The van der Waals surface area contributed by atoms with Crippen molar-refractivity contribution < 1.29 is 23.5 Å². The van der Waals surface area contributed by atoms with Crippen molar-refractivity contribution in [2.45, 2.75) is 77.0 Å². The molecule has 1 aromatic rings. The molecule has 1 aliphatic carbocycles. The molecular formula is C23H33FO4. The summed E-state index contributed by atoms with van der Waals surface area (Å²) in [5.74, 6) is -1.88. The van der Waals surface area contributed by atoms with E-state index < -0.39 is 23.7 Å². The minimum atomic E-state index is -2.74. The smallest absolute Gasteiger partial charge is 0.356 e. The van der Waals surface area contributed by atoms with E-state index in [-0.39, 0.29) is 17.8 Å².